The summed E-state index contributed by atoms with van der Waals surface area (Å²) in [5, 5.41) is 9.05. The first-order valence-corrected chi connectivity index (χ1v) is 5.53. The van der Waals surface area contributed by atoms with E-state index in [9.17, 15) is 13.6 Å². The highest BCUT2D eigenvalue weighted by Crippen LogP contribution is 2.31. The maximum Gasteiger partial charge on any atom is 0.407 e. The highest BCUT2D eigenvalue weighted by Gasteiger charge is 2.28. The summed E-state index contributed by atoms with van der Waals surface area (Å²) in [6.07, 6.45) is 1.22. The average molecular weight is 241 g/mol. The molecule has 1 N–H and O–H groups in total. The topological polar surface area (TPSA) is 40.5 Å². The Balaban J connectivity index is 2.32. The van der Waals surface area contributed by atoms with Gasteiger partial charge in [-0.25, -0.2) is 13.6 Å². The van der Waals surface area contributed by atoms with Crippen molar-refractivity contribution in [3.05, 3.63) is 35.4 Å². The minimum Gasteiger partial charge on any atom is -0.465 e. The summed E-state index contributed by atoms with van der Waals surface area (Å²) in [7, 11) is 0. The lowest BCUT2D eigenvalue weighted by atomic mass is 9.95. The summed E-state index contributed by atoms with van der Waals surface area (Å²) in [6, 6.07) is 2.76. The molecule has 1 atom stereocenters. The lowest BCUT2D eigenvalue weighted by Crippen LogP contribution is -2.37. The normalized spacial score (nSPS) is 20.4. The smallest absolute Gasteiger partial charge is 0.407 e. The lowest BCUT2D eigenvalue weighted by molar-refractivity contribution is 0.106. The number of hydrogen-bond donors (Lipinski definition) is 1. The standard InChI is InChI=1S/C12H13F2NO2/c13-9-5-8(6-10(14)7-9)11-3-1-2-4-15(11)12(16)17/h5-7,11H,1-4H2,(H,16,17). The Morgan fingerprint density at radius 2 is 1.88 bits per heavy atom. The van der Waals surface area contributed by atoms with E-state index in [-0.39, 0.29) is 0 Å². The molecule has 1 amide bonds. The van der Waals surface area contributed by atoms with E-state index in [1.165, 1.54) is 17.0 Å². The Morgan fingerprint density at radius 3 is 2.47 bits per heavy atom. The van der Waals surface area contributed by atoms with Crippen LogP contribution in [0.5, 0.6) is 0 Å². The van der Waals surface area contributed by atoms with Gasteiger partial charge in [-0.05, 0) is 37.0 Å². The summed E-state index contributed by atoms with van der Waals surface area (Å²) >= 11 is 0. The van der Waals surface area contributed by atoms with Crippen molar-refractivity contribution >= 4 is 6.09 Å². The first kappa shape index (κ1) is 11.8. The summed E-state index contributed by atoms with van der Waals surface area (Å²) in [6.45, 7) is 0.415. The van der Waals surface area contributed by atoms with Crippen molar-refractivity contribution in [1.29, 1.82) is 0 Å². The van der Waals surface area contributed by atoms with Crippen molar-refractivity contribution < 1.29 is 18.7 Å². The number of halogens is 2. The van der Waals surface area contributed by atoms with Gasteiger partial charge in [0, 0.05) is 12.6 Å². The molecule has 1 saturated heterocycles. The molecule has 0 spiro atoms. The molecule has 0 bridgehead atoms. The minimum atomic E-state index is -1.04. The van der Waals surface area contributed by atoms with E-state index in [1.54, 1.807) is 0 Å². The zero-order chi connectivity index (χ0) is 12.4. The van der Waals surface area contributed by atoms with Crippen LogP contribution in [0.25, 0.3) is 0 Å². The van der Waals surface area contributed by atoms with Gasteiger partial charge in [-0.3, -0.25) is 0 Å². The number of piperidine rings is 1. The number of carboxylic acid groups (broad SMARTS) is 1. The van der Waals surface area contributed by atoms with Crippen LogP contribution in [0.2, 0.25) is 0 Å². The maximum atomic E-state index is 13.1. The summed E-state index contributed by atoms with van der Waals surface area (Å²) in [4.78, 5) is 12.3. The highest BCUT2D eigenvalue weighted by molar-refractivity contribution is 5.66. The molecule has 0 saturated carbocycles. The fraction of sp³-hybridized carbons (Fsp3) is 0.417. The molecule has 2 rings (SSSR count). The third-order valence-electron chi connectivity index (χ3n) is 3.02. The van der Waals surface area contributed by atoms with Crippen LogP contribution in [0.15, 0.2) is 18.2 Å². The molecule has 92 valence electrons. The van der Waals surface area contributed by atoms with E-state index in [1.807, 2.05) is 0 Å². The van der Waals surface area contributed by atoms with Crippen LogP contribution < -0.4 is 0 Å². The molecule has 0 aliphatic carbocycles. The molecular formula is C12H13F2NO2. The van der Waals surface area contributed by atoms with Crippen molar-refractivity contribution in [3.63, 3.8) is 0 Å². The fourth-order valence-corrected chi connectivity index (χ4v) is 2.27. The first-order valence-electron chi connectivity index (χ1n) is 5.53. The van der Waals surface area contributed by atoms with Gasteiger partial charge in [0.25, 0.3) is 0 Å². The Hall–Kier alpha value is -1.65. The number of hydrogen-bond acceptors (Lipinski definition) is 1. The quantitative estimate of drug-likeness (QED) is 0.820. The number of amides is 1. The molecule has 5 heteroatoms. The van der Waals surface area contributed by atoms with E-state index in [2.05, 4.69) is 0 Å². The second-order valence-electron chi connectivity index (χ2n) is 4.19. The van der Waals surface area contributed by atoms with E-state index in [0.29, 0.717) is 18.5 Å². The molecule has 17 heavy (non-hydrogen) atoms. The Morgan fingerprint density at radius 1 is 1.24 bits per heavy atom. The Labute approximate surface area is 97.7 Å². The first-order chi connectivity index (χ1) is 8.08. The fourth-order valence-electron chi connectivity index (χ4n) is 2.27. The predicted molar refractivity (Wildman–Crippen MR) is 57.7 cm³/mol. The van der Waals surface area contributed by atoms with Crippen molar-refractivity contribution in [2.75, 3.05) is 6.54 Å². The van der Waals surface area contributed by atoms with Crippen LogP contribution in [0.3, 0.4) is 0 Å². The SMILES string of the molecule is O=C(O)N1CCCCC1c1cc(F)cc(F)c1. The molecule has 0 aromatic heterocycles. The van der Waals surface area contributed by atoms with Crippen LogP contribution in [0.4, 0.5) is 13.6 Å². The molecular weight excluding hydrogens is 228 g/mol. The third-order valence-corrected chi connectivity index (χ3v) is 3.02. The summed E-state index contributed by atoms with van der Waals surface area (Å²) in [5.41, 5.74) is 0.393. The molecule has 1 aliphatic heterocycles. The zero-order valence-corrected chi connectivity index (χ0v) is 9.20. The van der Waals surface area contributed by atoms with Crippen LogP contribution in [-0.2, 0) is 0 Å². The Kier molecular flexibility index (Phi) is 3.26. The van der Waals surface area contributed by atoms with Gasteiger partial charge in [-0.15, -0.1) is 0 Å². The van der Waals surface area contributed by atoms with Gasteiger partial charge >= 0.3 is 6.09 Å². The molecule has 1 aromatic carbocycles. The predicted octanol–water partition coefficient (Wildman–Crippen LogP) is 3.17. The van der Waals surface area contributed by atoms with Gasteiger partial charge in [0.15, 0.2) is 0 Å². The van der Waals surface area contributed by atoms with Gasteiger partial charge in [0.1, 0.15) is 11.6 Å². The van der Waals surface area contributed by atoms with Crippen LogP contribution in [0.1, 0.15) is 30.9 Å². The molecule has 0 radical (unpaired) electrons. The van der Waals surface area contributed by atoms with Crippen molar-refractivity contribution in [1.82, 2.24) is 4.90 Å². The monoisotopic (exact) mass is 241 g/mol. The van der Waals surface area contributed by atoms with Crippen LogP contribution in [0, 0.1) is 11.6 Å². The second-order valence-corrected chi connectivity index (χ2v) is 4.19. The highest BCUT2D eigenvalue weighted by atomic mass is 19.1. The number of benzene rings is 1. The zero-order valence-electron chi connectivity index (χ0n) is 9.20. The molecule has 3 nitrogen and oxygen atoms in total. The molecule has 1 heterocycles. The van der Waals surface area contributed by atoms with Crippen molar-refractivity contribution in [2.24, 2.45) is 0 Å². The van der Waals surface area contributed by atoms with Crippen molar-refractivity contribution in [2.45, 2.75) is 25.3 Å². The molecule has 1 fully saturated rings. The number of carbonyl (C=O) groups is 1. The van der Waals surface area contributed by atoms with Crippen molar-refractivity contribution in [3.8, 4) is 0 Å². The Bertz CT molecular complexity index is 416. The van der Waals surface area contributed by atoms with E-state index in [0.717, 1.165) is 18.9 Å². The van der Waals surface area contributed by atoms with E-state index in [4.69, 9.17) is 5.11 Å². The maximum absolute atomic E-state index is 13.1. The summed E-state index contributed by atoms with van der Waals surface area (Å²) in [5.74, 6) is -1.34. The van der Waals surface area contributed by atoms with Gasteiger partial charge in [0.2, 0.25) is 0 Å². The largest absolute Gasteiger partial charge is 0.465 e. The van der Waals surface area contributed by atoms with Gasteiger partial charge in [0.05, 0.1) is 6.04 Å². The minimum absolute atomic E-state index is 0.393. The van der Waals surface area contributed by atoms with E-state index >= 15 is 0 Å². The van der Waals surface area contributed by atoms with Gasteiger partial charge in [-0.2, -0.15) is 0 Å². The van der Waals surface area contributed by atoms with E-state index < -0.39 is 23.8 Å². The number of likely N-dealkylation sites (tertiary alicyclic amines) is 1. The second kappa shape index (κ2) is 4.69. The van der Waals surface area contributed by atoms with Gasteiger partial charge in [-0.1, -0.05) is 0 Å². The number of rotatable bonds is 1. The lowest BCUT2D eigenvalue weighted by Gasteiger charge is -2.33. The molecule has 1 unspecified atom stereocenters. The average Bonchev–Trinajstić information content (AvgIpc) is 2.27. The number of nitrogens with zero attached hydrogens (tertiary/aromatic N) is 1. The van der Waals surface area contributed by atoms with Crippen LogP contribution >= 0.6 is 0 Å². The van der Waals surface area contributed by atoms with Gasteiger partial charge < -0.3 is 10.0 Å². The molecule has 1 aromatic rings. The summed E-state index contributed by atoms with van der Waals surface area (Å²) < 4.78 is 26.2. The molecule has 1 aliphatic rings. The van der Waals surface area contributed by atoms with Crippen LogP contribution in [-0.4, -0.2) is 22.6 Å². The third kappa shape index (κ3) is 2.54.